The molecule has 0 bridgehead atoms. The molecule has 0 saturated carbocycles. The summed E-state index contributed by atoms with van der Waals surface area (Å²) in [5.74, 6) is 5.15. The topological polar surface area (TPSA) is 55.4 Å². The predicted octanol–water partition coefficient (Wildman–Crippen LogP) is 3.88. The van der Waals surface area contributed by atoms with E-state index >= 15 is 0 Å². The standard InChI is InChI=1S/C37H50O6Si3/c1-38-28-15-10-18-31(34(28)41-4)44-24-21-37(27-13-8-7-9-14-27,22-25-45-32-19-11-16-29(39-2)35(32)42-5)23-26-46-33-20-12-17-30(40-3)36(33)43-6/h7-20H,21-26,44-46H2,1-6H3. The van der Waals surface area contributed by atoms with Gasteiger partial charge in [0, 0.05) is 0 Å². The molecule has 0 fully saturated rings. The lowest BCUT2D eigenvalue weighted by Crippen LogP contribution is -2.31. The molecular weight excluding hydrogens is 625 g/mol. The van der Waals surface area contributed by atoms with E-state index in [1.807, 2.05) is 18.2 Å². The van der Waals surface area contributed by atoms with Gasteiger partial charge in [-0.2, -0.15) is 0 Å². The zero-order valence-electron chi connectivity index (χ0n) is 28.4. The molecule has 0 aliphatic heterocycles. The molecule has 0 aromatic heterocycles. The molecule has 0 spiro atoms. The Kier molecular flexibility index (Phi) is 13.7. The second-order valence-corrected chi connectivity index (χ2v) is 17.6. The Hall–Kier alpha value is -3.67. The molecule has 0 heterocycles. The van der Waals surface area contributed by atoms with Gasteiger partial charge in [0.1, 0.15) is 0 Å². The van der Waals surface area contributed by atoms with Crippen molar-refractivity contribution in [2.45, 2.75) is 42.8 Å². The molecule has 0 aliphatic rings. The van der Waals surface area contributed by atoms with Crippen molar-refractivity contribution in [3.8, 4) is 34.5 Å². The van der Waals surface area contributed by atoms with Gasteiger partial charge in [-0.05, 0) is 64.0 Å². The summed E-state index contributed by atoms with van der Waals surface area (Å²) in [6.07, 6.45) is 3.45. The van der Waals surface area contributed by atoms with Crippen LogP contribution in [0.1, 0.15) is 24.8 Å². The van der Waals surface area contributed by atoms with E-state index in [-0.39, 0.29) is 5.41 Å². The molecular formula is C37H50O6Si3. The fraction of sp³-hybridized carbons (Fsp3) is 0.351. The highest BCUT2D eigenvalue weighted by molar-refractivity contribution is 6.55. The summed E-state index contributed by atoms with van der Waals surface area (Å²) in [5.41, 5.74) is 1.54. The average Bonchev–Trinajstić information content (AvgIpc) is 3.11. The highest BCUT2D eigenvalue weighted by Crippen LogP contribution is 2.40. The third-order valence-corrected chi connectivity index (χ3v) is 14.6. The molecule has 0 atom stereocenters. The van der Waals surface area contributed by atoms with Crippen LogP contribution in [-0.2, 0) is 5.41 Å². The summed E-state index contributed by atoms with van der Waals surface area (Å²) < 4.78 is 34.3. The maximum Gasteiger partial charge on any atom is 0.160 e. The predicted molar refractivity (Wildman–Crippen MR) is 200 cm³/mol. The van der Waals surface area contributed by atoms with Crippen LogP contribution in [-0.4, -0.2) is 71.2 Å². The van der Waals surface area contributed by atoms with Gasteiger partial charge in [0.15, 0.2) is 34.5 Å². The Morgan fingerprint density at radius 3 is 1.07 bits per heavy atom. The quantitative estimate of drug-likeness (QED) is 0.141. The molecule has 6 nitrogen and oxygen atoms in total. The summed E-state index contributed by atoms with van der Waals surface area (Å²) in [4.78, 5) is 0. The highest BCUT2D eigenvalue weighted by Gasteiger charge is 2.32. The van der Waals surface area contributed by atoms with Gasteiger partial charge < -0.3 is 28.4 Å². The van der Waals surface area contributed by atoms with Crippen LogP contribution in [0.3, 0.4) is 0 Å². The lowest BCUT2D eigenvalue weighted by molar-refractivity contribution is 0.357. The molecule has 0 amide bonds. The Morgan fingerprint density at radius 1 is 0.413 bits per heavy atom. The van der Waals surface area contributed by atoms with Crippen molar-refractivity contribution >= 4 is 44.1 Å². The van der Waals surface area contributed by atoms with Crippen LogP contribution in [0.5, 0.6) is 34.5 Å². The van der Waals surface area contributed by atoms with Crippen molar-refractivity contribution in [2.24, 2.45) is 0 Å². The fourth-order valence-electron chi connectivity index (χ4n) is 6.90. The van der Waals surface area contributed by atoms with Gasteiger partial charge in [-0.1, -0.05) is 84.9 Å². The van der Waals surface area contributed by atoms with Crippen molar-refractivity contribution in [2.75, 3.05) is 42.7 Å². The largest absolute Gasteiger partial charge is 0.493 e. The zero-order chi connectivity index (χ0) is 32.8. The van der Waals surface area contributed by atoms with Crippen LogP contribution in [0.15, 0.2) is 84.9 Å². The minimum Gasteiger partial charge on any atom is -0.493 e. The first-order chi connectivity index (χ1) is 22.5. The molecule has 0 aliphatic carbocycles. The van der Waals surface area contributed by atoms with Crippen LogP contribution < -0.4 is 44.0 Å². The maximum atomic E-state index is 5.82. The van der Waals surface area contributed by atoms with E-state index in [0.29, 0.717) is 0 Å². The molecule has 246 valence electrons. The van der Waals surface area contributed by atoms with Crippen molar-refractivity contribution < 1.29 is 28.4 Å². The number of methoxy groups -OCH3 is 6. The van der Waals surface area contributed by atoms with Crippen LogP contribution in [0.25, 0.3) is 0 Å². The molecule has 9 heteroatoms. The monoisotopic (exact) mass is 674 g/mol. The highest BCUT2D eigenvalue weighted by atomic mass is 28.2. The Morgan fingerprint density at radius 2 is 0.761 bits per heavy atom. The SMILES string of the molecule is COc1cccc([SiH2]CCC(CC[SiH2]c2cccc(OC)c2OC)(CC[SiH2]c2cccc(OC)c2OC)c2ccccc2)c1OC. The normalized spacial score (nSPS) is 13.0. The third kappa shape index (κ3) is 8.57. The molecule has 0 N–H and O–H groups in total. The second-order valence-electron chi connectivity index (χ2n) is 11.7. The number of rotatable bonds is 19. The Bertz CT molecular complexity index is 1370. The van der Waals surface area contributed by atoms with E-state index in [1.165, 1.54) is 39.3 Å². The average molecular weight is 675 g/mol. The van der Waals surface area contributed by atoms with E-state index in [0.717, 1.165) is 53.8 Å². The van der Waals surface area contributed by atoms with Crippen LogP contribution in [0.2, 0.25) is 18.1 Å². The van der Waals surface area contributed by atoms with Crippen LogP contribution >= 0.6 is 0 Å². The number of ether oxygens (including phenoxy) is 6. The lowest BCUT2D eigenvalue weighted by atomic mass is 9.73. The van der Waals surface area contributed by atoms with Gasteiger partial charge in [0.05, 0.1) is 71.2 Å². The van der Waals surface area contributed by atoms with Crippen molar-refractivity contribution in [1.29, 1.82) is 0 Å². The first-order valence-corrected chi connectivity index (χ1v) is 21.3. The molecule has 46 heavy (non-hydrogen) atoms. The minimum absolute atomic E-state index is 0.0819. The Balaban J connectivity index is 1.62. The second kappa shape index (κ2) is 17.9. The third-order valence-electron chi connectivity index (χ3n) is 9.14. The molecule has 4 rings (SSSR count). The summed E-state index contributed by atoms with van der Waals surface area (Å²) in [7, 11) is 8.57. The number of para-hydroxylation sites is 3. The summed E-state index contributed by atoms with van der Waals surface area (Å²) in [6.45, 7) is 0. The number of hydrogen-bond acceptors (Lipinski definition) is 6. The summed E-state index contributed by atoms with van der Waals surface area (Å²) in [6, 6.07) is 33.7. The van der Waals surface area contributed by atoms with Gasteiger partial charge in [-0.3, -0.25) is 0 Å². The lowest BCUT2D eigenvalue weighted by Gasteiger charge is -2.36. The number of benzene rings is 4. The maximum absolute atomic E-state index is 5.82. The minimum atomic E-state index is -0.608. The van der Waals surface area contributed by atoms with E-state index in [4.69, 9.17) is 28.4 Å². The summed E-state index contributed by atoms with van der Waals surface area (Å²) in [5, 5.41) is 3.99. The van der Waals surface area contributed by atoms with Gasteiger partial charge >= 0.3 is 0 Å². The molecule has 4 aromatic rings. The van der Waals surface area contributed by atoms with E-state index in [9.17, 15) is 0 Å². The fourth-order valence-corrected chi connectivity index (χ4v) is 13.2. The van der Waals surface area contributed by atoms with Crippen molar-refractivity contribution in [3.63, 3.8) is 0 Å². The smallest absolute Gasteiger partial charge is 0.160 e. The van der Waals surface area contributed by atoms with Crippen molar-refractivity contribution in [1.82, 2.24) is 0 Å². The van der Waals surface area contributed by atoms with E-state index in [1.54, 1.807) is 42.7 Å². The molecule has 0 radical (unpaired) electrons. The van der Waals surface area contributed by atoms with E-state index < -0.39 is 28.6 Å². The van der Waals surface area contributed by atoms with Crippen LogP contribution in [0, 0.1) is 0 Å². The van der Waals surface area contributed by atoms with Gasteiger partial charge in [-0.15, -0.1) is 0 Å². The first-order valence-electron chi connectivity index (χ1n) is 16.2. The van der Waals surface area contributed by atoms with Crippen LogP contribution in [0.4, 0.5) is 0 Å². The first kappa shape index (κ1) is 35.2. The number of hydrogen-bond donors (Lipinski definition) is 0. The van der Waals surface area contributed by atoms with Gasteiger partial charge in [0.25, 0.3) is 0 Å². The molecule has 0 saturated heterocycles. The van der Waals surface area contributed by atoms with E-state index in [2.05, 4.69) is 66.7 Å². The zero-order valence-corrected chi connectivity index (χ0v) is 32.6. The van der Waals surface area contributed by atoms with Gasteiger partial charge in [0.2, 0.25) is 0 Å². The summed E-state index contributed by atoms with van der Waals surface area (Å²) >= 11 is 0. The Labute approximate surface area is 282 Å². The molecule has 4 aromatic carbocycles. The van der Waals surface area contributed by atoms with Gasteiger partial charge in [-0.25, -0.2) is 0 Å². The van der Waals surface area contributed by atoms with Crippen molar-refractivity contribution in [3.05, 3.63) is 90.5 Å². The molecule has 0 unspecified atom stereocenters.